The molecule has 140 valence electrons. The summed E-state index contributed by atoms with van der Waals surface area (Å²) in [6.07, 6.45) is 0. The quantitative estimate of drug-likeness (QED) is 0.841. The van der Waals surface area contributed by atoms with E-state index >= 15 is 0 Å². The minimum absolute atomic E-state index is 0.231. The van der Waals surface area contributed by atoms with Gasteiger partial charge in [0.1, 0.15) is 0 Å². The number of carbonyl (C=O) groups is 1. The Kier molecular flexibility index (Phi) is 5.88. The van der Waals surface area contributed by atoms with Gasteiger partial charge in [-0.2, -0.15) is 4.72 Å². The van der Waals surface area contributed by atoms with Crippen LogP contribution in [-0.2, 0) is 14.8 Å². The summed E-state index contributed by atoms with van der Waals surface area (Å²) in [6, 6.07) is 8.44. The highest BCUT2D eigenvalue weighted by Crippen LogP contribution is 2.22. The van der Waals surface area contributed by atoms with Gasteiger partial charge in [-0.25, -0.2) is 8.42 Å². The first-order chi connectivity index (χ1) is 12.0. The molecule has 0 aliphatic heterocycles. The SMILES string of the molecule is Cc1cc(C)cc(NC(=O)C(C)NS(=O)(=O)c2c(C)cc(C)cc2C)c1. The minimum Gasteiger partial charge on any atom is -0.325 e. The van der Waals surface area contributed by atoms with Gasteiger partial charge in [0.05, 0.1) is 10.9 Å². The highest BCUT2D eigenvalue weighted by molar-refractivity contribution is 7.89. The average Bonchev–Trinajstić information content (AvgIpc) is 2.43. The molecule has 0 heterocycles. The molecule has 0 radical (unpaired) electrons. The van der Waals surface area contributed by atoms with E-state index in [-0.39, 0.29) is 4.90 Å². The van der Waals surface area contributed by atoms with Gasteiger partial charge in [0.15, 0.2) is 0 Å². The molecule has 26 heavy (non-hydrogen) atoms. The van der Waals surface area contributed by atoms with E-state index in [0.717, 1.165) is 16.7 Å². The predicted molar refractivity (Wildman–Crippen MR) is 105 cm³/mol. The molecule has 0 fully saturated rings. The van der Waals surface area contributed by atoms with Crippen LogP contribution in [0, 0.1) is 34.6 Å². The van der Waals surface area contributed by atoms with Crippen molar-refractivity contribution in [2.75, 3.05) is 5.32 Å². The number of benzene rings is 2. The number of anilines is 1. The van der Waals surface area contributed by atoms with Crippen molar-refractivity contribution in [1.82, 2.24) is 4.72 Å². The third kappa shape index (κ3) is 4.71. The summed E-state index contributed by atoms with van der Waals surface area (Å²) >= 11 is 0. The molecule has 1 atom stereocenters. The molecule has 2 aromatic rings. The fraction of sp³-hybridized carbons (Fsp3) is 0.350. The van der Waals surface area contributed by atoms with E-state index in [1.807, 2.05) is 51.1 Å². The van der Waals surface area contributed by atoms with E-state index < -0.39 is 22.0 Å². The number of rotatable bonds is 5. The maximum Gasteiger partial charge on any atom is 0.242 e. The molecule has 1 amide bonds. The normalized spacial score (nSPS) is 12.7. The fourth-order valence-electron chi connectivity index (χ4n) is 3.23. The molecule has 0 bridgehead atoms. The molecule has 1 unspecified atom stereocenters. The van der Waals surface area contributed by atoms with Crippen LogP contribution in [0.4, 0.5) is 5.69 Å². The molecule has 2 N–H and O–H groups in total. The van der Waals surface area contributed by atoms with Gasteiger partial charge in [0.2, 0.25) is 15.9 Å². The van der Waals surface area contributed by atoms with Crippen molar-refractivity contribution >= 4 is 21.6 Å². The monoisotopic (exact) mass is 374 g/mol. The third-order valence-electron chi connectivity index (χ3n) is 4.09. The third-order valence-corrected chi connectivity index (χ3v) is 5.93. The Bertz CT molecular complexity index is 906. The van der Waals surface area contributed by atoms with Gasteiger partial charge in [0.25, 0.3) is 0 Å². The molecule has 5 nitrogen and oxygen atoms in total. The molecular formula is C20H26N2O3S. The highest BCUT2D eigenvalue weighted by Gasteiger charge is 2.25. The van der Waals surface area contributed by atoms with Crippen LogP contribution < -0.4 is 10.0 Å². The second kappa shape index (κ2) is 7.60. The van der Waals surface area contributed by atoms with Crippen LogP contribution in [0.2, 0.25) is 0 Å². The Morgan fingerprint density at radius 1 is 0.846 bits per heavy atom. The lowest BCUT2D eigenvalue weighted by Gasteiger charge is -2.17. The molecule has 2 aromatic carbocycles. The summed E-state index contributed by atoms with van der Waals surface area (Å²) in [4.78, 5) is 12.7. The van der Waals surface area contributed by atoms with Crippen molar-refractivity contribution in [2.24, 2.45) is 0 Å². The lowest BCUT2D eigenvalue weighted by atomic mass is 10.1. The van der Waals surface area contributed by atoms with Crippen LogP contribution in [0.15, 0.2) is 35.2 Å². The topological polar surface area (TPSA) is 75.3 Å². The Morgan fingerprint density at radius 2 is 1.31 bits per heavy atom. The zero-order valence-corrected chi connectivity index (χ0v) is 16.9. The van der Waals surface area contributed by atoms with Crippen LogP contribution in [0.3, 0.4) is 0 Å². The number of hydrogen-bond donors (Lipinski definition) is 2. The standard InChI is InChI=1S/C20H26N2O3S/c1-12-7-13(2)11-18(10-12)21-20(23)17(6)22-26(24,25)19-15(4)8-14(3)9-16(19)5/h7-11,17,22H,1-6H3,(H,21,23). The lowest BCUT2D eigenvalue weighted by molar-refractivity contribution is -0.117. The van der Waals surface area contributed by atoms with Gasteiger partial charge < -0.3 is 5.32 Å². The number of carbonyl (C=O) groups excluding carboxylic acids is 1. The zero-order chi connectivity index (χ0) is 19.6. The van der Waals surface area contributed by atoms with E-state index in [0.29, 0.717) is 16.8 Å². The van der Waals surface area contributed by atoms with Crippen LogP contribution in [-0.4, -0.2) is 20.4 Å². The van der Waals surface area contributed by atoms with E-state index in [1.54, 1.807) is 13.8 Å². The van der Waals surface area contributed by atoms with E-state index in [9.17, 15) is 13.2 Å². The Morgan fingerprint density at radius 3 is 1.81 bits per heavy atom. The van der Waals surface area contributed by atoms with Crippen LogP contribution in [0.5, 0.6) is 0 Å². The summed E-state index contributed by atoms with van der Waals surface area (Å²) in [6.45, 7) is 10.9. The second-order valence-electron chi connectivity index (χ2n) is 6.94. The van der Waals surface area contributed by atoms with E-state index in [4.69, 9.17) is 0 Å². The van der Waals surface area contributed by atoms with Crippen molar-refractivity contribution in [3.05, 3.63) is 58.1 Å². The van der Waals surface area contributed by atoms with Crippen LogP contribution in [0.1, 0.15) is 34.7 Å². The smallest absolute Gasteiger partial charge is 0.242 e. The molecule has 0 saturated carbocycles. The average molecular weight is 375 g/mol. The predicted octanol–water partition coefficient (Wildman–Crippen LogP) is 3.53. The van der Waals surface area contributed by atoms with Crippen molar-refractivity contribution in [2.45, 2.75) is 52.5 Å². The van der Waals surface area contributed by atoms with Crippen molar-refractivity contribution < 1.29 is 13.2 Å². The first-order valence-electron chi connectivity index (χ1n) is 8.49. The second-order valence-corrected chi connectivity index (χ2v) is 8.59. The van der Waals surface area contributed by atoms with E-state index in [1.165, 1.54) is 6.92 Å². The summed E-state index contributed by atoms with van der Waals surface area (Å²) in [7, 11) is -3.80. The largest absolute Gasteiger partial charge is 0.325 e. The van der Waals surface area contributed by atoms with Gasteiger partial charge in [0, 0.05) is 5.69 Å². The molecule has 0 aliphatic carbocycles. The number of nitrogens with one attached hydrogen (secondary N) is 2. The fourth-order valence-corrected chi connectivity index (χ4v) is 4.89. The highest BCUT2D eigenvalue weighted by atomic mass is 32.2. The van der Waals surface area contributed by atoms with Crippen LogP contribution in [0.25, 0.3) is 0 Å². The number of amides is 1. The van der Waals surface area contributed by atoms with Crippen molar-refractivity contribution in [1.29, 1.82) is 0 Å². The Hall–Kier alpha value is -2.18. The lowest BCUT2D eigenvalue weighted by Crippen LogP contribution is -2.42. The van der Waals surface area contributed by atoms with Crippen molar-refractivity contribution in [3.63, 3.8) is 0 Å². The zero-order valence-electron chi connectivity index (χ0n) is 16.1. The Balaban J connectivity index is 2.20. The van der Waals surface area contributed by atoms with Crippen molar-refractivity contribution in [3.8, 4) is 0 Å². The molecule has 2 rings (SSSR count). The van der Waals surface area contributed by atoms with E-state index in [2.05, 4.69) is 10.0 Å². The molecular weight excluding hydrogens is 348 g/mol. The van der Waals surface area contributed by atoms with Gasteiger partial charge in [-0.15, -0.1) is 0 Å². The molecule has 0 aliphatic rings. The molecule has 6 heteroatoms. The van der Waals surface area contributed by atoms with Gasteiger partial charge >= 0.3 is 0 Å². The first-order valence-corrected chi connectivity index (χ1v) is 9.97. The summed E-state index contributed by atoms with van der Waals surface area (Å²) in [5.41, 5.74) is 5.04. The maximum atomic E-state index is 12.8. The summed E-state index contributed by atoms with van der Waals surface area (Å²) < 4.78 is 28.0. The number of aryl methyl sites for hydroxylation is 5. The number of sulfonamides is 1. The van der Waals surface area contributed by atoms with Gasteiger partial charge in [-0.05, 0) is 75.9 Å². The van der Waals surface area contributed by atoms with Crippen LogP contribution >= 0.6 is 0 Å². The minimum atomic E-state index is -3.80. The maximum absolute atomic E-state index is 12.8. The molecule has 0 aromatic heterocycles. The molecule has 0 spiro atoms. The summed E-state index contributed by atoms with van der Waals surface area (Å²) in [5.74, 6) is -0.402. The summed E-state index contributed by atoms with van der Waals surface area (Å²) in [5, 5.41) is 2.77. The first kappa shape index (κ1) is 20.1. The van der Waals surface area contributed by atoms with Gasteiger partial charge in [-0.3, -0.25) is 4.79 Å². The Labute approximate surface area is 155 Å². The van der Waals surface area contributed by atoms with Gasteiger partial charge in [-0.1, -0.05) is 23.8 Å². The molecule has 0 saturated heterocycles. The number of hydrogen-bond acceptors (Lipinski definition) is 3.